The molecule has 1 heterocycles. The highest BCUT2D eigenvalue weighted by atomic mass is 16.5. The Morgan fingerprint density at radius 1 is 0.912 bits per heavy atom. The van der Waals surface area contributed by atoms with Crippen LogP contribution in [0.2, 0.25) is 0 Å². The Kier molecular flexibility index (Phi) is 7.44. The van der Waals surface area contributed by atoms with Crippen molar-refractivity contribution in [3.63, 3.8) is 0 Å². The van der Waals surface area contributed by atoms with Gasteiger partial charge in [0, 0.05) is 16.9 Å². The minimum absolute atomic E-state index is 0.347. The molecule has 1 aromatic heterocycles. The van der Waals surface area contributed by atoms with E-state index >= 15 is 0 Å². The van der Waals surface area contributed by atoms with Gasteiger partial charge in [0.25, 0.3) is 17.4 Å². The average Bonchev–Trinajstić information content (AvgIpc) is 2.81. The van der Waals surface area contributed by atoms with Crippen LogP contribution in [0, 0.1) is 0 Å². The third kappa shape index (κ3) is 6.09. The lowest BCUT2D eigenvalue weighted by atomic mass is 10.2. The molecule has 176 valence electrons. The molecule has 0 aliphatic carbocycles. The maximum atomic E-state index is 12.4. The third-order valence-corrected chi connectivity index (χ3v) is 4.37. The first-order valence-corrected chi connectivity index (χ1v) is 10.00. The van der Waals surface area contributed by atoms with E-state index < -0.39 is 41.1 Å². The summed E-state index contributed by atoms with van der Waals surface area (Å²) in [5, 5.41) is 5.24. The van der Waals surface area contributed by atoms with E-state index in [4.69, 9.17) is 15.2 Å². The van der Waals surface area contributed by atoms with Crippen molar-refractivity contribution in [3.8, 4) is 5.75 Å². The zero-order valence-corrected chi connectivity index (χ0v) is 18.0. The van der Waals surface area contributed by atoms with Gasteiger partial charge in [0.05, 0.1) is 6.61 Å². The SMILES string of the molecule is CCOc1ccc(NC(=O)c2ccc(NC(=O)COC(=O)c3[nH]c(=O)[nH]c(=O)c3N)cc2)cc1. The van der Waals surface area contributed by atoms with Crippen LogP contribution in [-0.4, -0.2) is 41.0 Å². The van der Waals surface area contributed by atoms with Crippen LogP contribution in [0.1, 0.15) is 27.8 Å². The number of hydrogen-bond acceptors (Lipinski definition) is 8. The van der Waals surface area contributed by atoms with Crippen LogP contribution >= 0.6 is 0 Å². The normalized spacial score (nSPS) is 10.3. The van der Waals surface area contributed by atoms with E-state index in [1.54, 1.807) is 24.3 Å². The van der Waals surface area contributed by atoms with Crippen molar-refractivity contribution in [1.29, 1.82) is 0 Å². The van der Waals surface area contributed by atoms with Crippen molar-refractivity contribution in [2.75, 3.05) is 29.6 Å². The first-order valence-electron chi connectivity index (χ1n) is 10.00. The molecular weight excluding hydrogens is 446 g/mol. The van der Waals surface area contributed by atoms with Crippen LogP contribution < -0.4 is 32.4 Å². The number of hydrogen-bond donors (Lipinski definition) is 5. The summed E-state index contributed by atoms with van der Waals surface area (Å²) < 4.78 is 10.1. The molecule has 0 saturated heterocycles. The zero-order valence-electron chi connectivity index (χ0n) is 18.0. The molecule has 12 heteroatoms. The fourth-order valence-electron chi connectivity index (χ4n) is 2.77. The van der Waals surface area contributed by atoms with Crippen molar-refractivity contribution < 1.29 is 23.9 Å². The monoisotopic (exact) mass is 467 g/mol. The number of carbonyl (C=O) groups is 3. The quantitative estimate of drug-likeness (QED) is 0.305. The Bertz CT molecular complexity index is 1310. The number of ether oxygens (including phenoxy) is 2. The smallest absolute Gasteiger partial charge is 0.357 e. The molecule has 34 heavy (non-hydrogen) atoms. The molecule has 0 saturated carbocycles. The van der Waals surface area contributed by atoms with Crippen molar-refractivity contribution in [3.05, 3.63) is 80.6 Å². The maximum Gasteiger partial charge on any atom is 0.357 e. The predicted molar refractivity (Wildman–Crippen MR) is 123 cm³/mol. The second-order valence-electron chi connectivity index (χ2n) is 6.81. The first-order chi connectivity index (χ1) is 16.3. The number of anilines is 3. The van der Waals surface area contributed by atoms with Crippen molar-refractivity contribution in [2.24, 2.45) is 0 Å². The van der Waals surface area contributed by atoms with E-state index in [-0.39, 0.29) is 5.91 Å². The zero-order chi connectivity index (χ0) is 24.7. The van der Waals surface area contributed by atoms with Gasteiger partial charge in [-0.2, -0.15) is 0 Å². The van der Waals surface area contributed by atoms with E-state index in [0.717, 1.165) is 0 Å². The highest BCUT2D eigenvalue weighted by Crippen LogP contribution is 2.17. The molecule has 0 fully saturated rings. The number of nitrogens with two attached hydrogens (primary N) is 1. The summed E-state index contributed by atoms with van der Waals surface area (Å²) in [5.41, 5.74) is 3.75. The maximum absolute atomic E-state index is 12.4. The number of esters is 1. The van der Waals surface area contributed by atoms with E-state index in [0.29, 0.717) is 29.3 Å². The number of benzene rings is 2. The number of nitrogens with one attached hydrogen (secondary N) is 4. The van der Waals surface area contributed by atoms with Crippen LogP contribution in [0.25, 0.3) is 0 Å². The Hall–Kier alpha value is -4.87. The first kappa shape index (κ1) is 23.8. The molecule has 0 bridgehead atoms. The number of H-pyrrole nitrogens is 2. The van der Waals surface area contributed by atoms with Gasteiger partial charge in [-0.15, -0.1) is 0 Å². The number of nitrogen functional groups attached to an aromatic ring is 1. The number of aromatic nitrogens is 2. The number of amides is 2. The fraction of sp³-hybridized carbons (Fsp3) is 0.136. The van der Waals surface area contributed by atoms with Crippen molar-refractivity contribution in [1.82, 2.24) is 9.97 Å². The summed E-state index contributed by atoms with van der Waals surface area (Å²) in [4.78, 5) is 63.1. The lowest BCUT2D eigenvalue weighted by Gasteiger charge is -2.09. The Morgan fingerprint density at radius 2 is 1.53 bits per heavy atom. The van der Waals surface area contributed by atoms with E-state index in [2.05, 4.69) is 10.6 Å². The Balaban J connectivity index is 1.53. The summed E-state index contributed by atoms with van der Waals surface area (Å²) in [5.74, 6) is -1.48. The fourth-order valence-corrected chi connectivity index (χ4v) is 2.77. The van der Waals surface area contributed by atoms with Gasteiger partial charge in [0.15, 0.2) is 12.3 Å². The molecule has 2 amide bonds. The van der Waals surface area contributed by atoms with Crippen LogP contribution in [0.4, 0.5) is 17.1 Å². The molecule has 0 atom stereocenters. The van der Waals surface area contributed by atoms with Crippen LogP contribution in [0.3, 0.4) is 0 Å². The van der Waals surface area contributed by atoms with Gasteiger partial charge in [0.2, 0.25) is 0 Å². The molecule has 2 aromatic carbocycles. The highest BCUT2D eigenvalue weighted by Gasteiger charge is 2.17. The molecule has 0 aliphatic heterocycles. The van der Waals surface area contributed by atoms with Gasteiger partial charge >= 0.3 is 11.7 Å². The second kappa shape index (κ2) is 10.6. The van der Waals surface area contributed by atoms with Gasteiger partial charge in [0.1, 0.15) is 11.4 Å². The topological polar surface area (TPSA) is 185 Å². The minimum atomic E-state index is -1.14. The minimum Gasteiger partial charge on any atom is -0.494 e. The molecule has 0 unspecified atom stereocenters. The van der Waals surface area contributed by atoms with Gasteiger partial charge in [-0.1, -0.05) is 0 Å². The number of carbonyl (C=O) groups excluding carboxylic acids is 3. The molecular formula is C22H21N5O7. The summed E-state index contributed by atoms with van der Waals surface area (Å²) in [6.45, 7) is 1.72. The van der Waals surface area contributed by atoms with Gasteiger partial charge in [-0.25, -0.2) is 9.59 Å². The van der Waals surface area contributed by atoms with Crippen LogP contribution in [0.15, 0.2) is 58.1 Å². The lowest BCUT2D eigenvalue weighted by molar-refractivity contribution is -0.119. The van der Waals surface area contributed by atoms with Crippen LogP contribution in [0.5, 0.6) is 5.75 Å². The summed E-state index contributed by atoms with van der Waals surface area (Å²) in [7, 11) is 0. The number of rotatable bonds is 8. The van der Waals surface area contributed by atoms with Crippen LogP contribution in [-0.2, 0) is 9.53 Å². The van der Waals surface area contributed by atoms with Crippen molar-refractivity contribution >= 4 is 34.8 Å². The van der Waals surface area contributed by atoms with E-state index in [1.165, 1.54) is 24.3 Å². The molecule has 3 rings (SSSR count). The summed E-state index contributed by atoms with van der Waals surface area (Å²) in [6.07, 6.45) is 0. The third-order valence-electron chi connectivity index (χ3n) is 4.37. The number of aromatic amines is 2. The molecule has 0 spiro atoms. The largest absolute Gasteiger partial charge is 0.494 e. The standard InChI is InChI=1S/C22H21N5O7/c1-2-33-15-9-7-14(8-10-15)25-19(29)12-3-5-13(6-4-12)24-16(28)11-34-21(31)18-17(23)20(30)27-22(32)26-18/h3-10H,2,11,23H2,1H3,(H,24,28)(H,25,29)(H2,26,27,30,32). The van der Waals surface area contributed by atoms with Gasteiger partial charge < -0.3 is 25.8 Å². The van der Waals surface area contributed by atoms with E-state index in [1.807, 2.05) is 16.9 Å². The van der Waals surface area contributed by atoms with Gasteiger partial charge in [-0.05, 0) is 55.5 Å². The Labute approximate surface area is 192 Å². The molecule has 12 nitrogen and oxygen atoms in total. The predicted octanol–water partition coefficient (Wildman–Crippen LogP) is 1.09. The Morgan fingerprint density at radius 3 is 2.18 bits per heavy atom. The second-order valence-corrected chi connectivity index (χ2v) is 6.81. The van der Waals surface area contributed by atoms with E-state index in [9.17, 15) is 24.0 Å². The lowest BCUT2D eigenvalue weighted by Crippen LogP contribution is -2.30. The summed E-state index contributed by atoms with van der Waals surface area (Å²) >= 11 is 0. The highest BCUT2D eigenvalue weighted by molar-refractivity contribution is 6.04. The molecule has 3 aromatic rings. The average molecular weight is 467 g/mol. The van der Waals surface area contributed by atoms with Gasteiger partial charge in [-0.3, -0.25) is 24.4 Å². The molecule has 0 aliphatic rings. The van der Waals surface area contributed by atoms with Crippen molar-refractivity contribution in [2.45, 2.75) is 6.92 Å². The summed E-state index contributed by atoms with van der Waals surface area (Å²) in [6, 6.07) is 12.9. The molecule has 6 N–H and O–H groups in total. The molecule has 0 radical (unpaired) electrons.